The Labute approximate surface area is 65.9 Å². The van der Waals surface area contributed by atoms with Gasteiger partial charge in [-0.2, -0.15) is 0 Å². The Hall–Kier alpha value is -1.10. The van der Waals surface area contributed by atoms with Gasteiger partial charge in [0, 0.05) is 13.6 Å². The fourth-order valence-corrected chi connectivity index (χ4v) is 0.522. The van der Waals surface area contributed by atoms with Crippen molar-refractivity contribution >= 4 is 11.7 Å². The van der Waals surface area contributed by atoms with Gasteiger partial charge in [-0.05, 0) is 6.92 Å². The molecule has 5 N–H and O–H groups in total. The van der Waals surface area contributed by atoms with Crippen molar-refractivity contribution in [3.63, 3.8) is 0 Å². The first-order valence-corrected chi connectivity index (χ1v) is 3.26. The van der Waals surface area contributed by atoms with E-state index in [9.17, 15) is 4.79 Å². The Morgan fingerprint density at radius 2 is 2.18 bits per heavy atom. The van der Waals surface area contributed by atoms with Crippen LogP contribution in [0.4, 0.5) is 0 Å². The van der Waals surface area contributed by atoms with Gasteiger partial charge in [-0.25, -0.2) is 0 Å². The van der Waals surface area contributed by atoms with Gasteiger partial charge >= 0.3 is 0 Å². The van der Waals surface area contributed by atoms with Crippen molar-refractivity contribution in [2.45, 2.75) is 13.0 Å². The Morgan fingerprint density at radius 3 is 2.45 bits per heavy atom. The maximum absolute atomic E-state index is 10.6. The molecule has 0 rings (SSSR count). The van der Waals surface area contributed by atoms with Gasteiger partial charge < -0.3 is 16.4 Å². The normalized spacial score (nSPS) is 12.3. The zero-order valence-corrected chi connectivity index (χ0v) is 6.79. The molecular formula is C6H14N4O. The molecule has 5 nitrogen and oxygen atoms in total. The van der Waals surface area contributed by atoms with Crippen LogP contribution in [0.3, 0.4) is 0 Å². The first kappa shape index (κ1) is 9.90. The summed E-state index contributed by atoms with van der Waals surface area (Å²) in [5.74, 6) is -0.181. The zero-order chi connectivity index (χ0) is 9.02. The minimum Gasteiger partial charge on any atom is -0.370 e. The average molecular weight is 158 g/mol. The van der Waals surface area contributed by atoms with Gasteiger partial charge in [-0.15, -0.1) is 0 Å². The number of hydrogen-bond donors (Lipinski definition) is 3. The minimum absolute atomic E-state index is 0.0818. The zero-order valence-electron chi connectivity index (χ0n) is 6.79. The van der Waals surface area contributed by atoms with Crippen LogP contribution < -0.4 is 11.5 Å². The molecule has 0 saturated carbocycles. The first-order valence-electron chi connectivity index (χ1n) is 3.26. The number of nitrogens with one attached hydrogen (secondary N) is 1. The van der Waals surface area contributed by atoms with Gasteiger partial charge in [-0.1, -0.05) is 0 Å². The van der Waals surface area contributed by atoms with Crippen molar-refractivity contribution in [3.05, 3.63) is 0 Å². The van der Waals surface area contributed by atoms with E-state index in [-0.39, 0.29) is 11.7 Å². The molecule has 0 aliphatic carbocycles. The Balaban J connectivity index is 3.84. The lowest BCUT2D eigenvalue weighted by molar-refractivity contribution is -0.118. The van der Waals surface area contributed by atoms with Crippen LogP contribution in [0.1, 0.15) is 6.92 Å². The average Bonchev–Trinajstić information content (AvgIpc) is 1.87. The molecule has 0 fully saturated rings. The molecule has 0 bridgehead atoms. The number of likely N-dealkylation sites (N-methyl/N-ethyl adjacent to an activating group) is 1. The molecule has 0 amide bonds. The summed E-state index contributed by atoms with van der Waals surface area (Å²) in [6, 6.07) is -0.552. The maximum atomic E-state index is 10.6. The highest BCUT2D eigenvalue weighted by Gasteiger charge is 2.11. The number of carbonyl (C=O) groups is 1. The number of ketones is 1. The topological polar surface area (TPSA) is 96.2 Å². The number of Topliss-reactive ketones (excluding diaryl/α,β-unsaturated/α-hetero) is 1. The Bertz CT molecular complexity index is 150. The van der Waals surface area contributed by atoms with Gasteiger partial charge in [0.1, 0.15) is 5.78 Å². The quantitative estimate of drug-likeness (QED) is 0.352. The van der Waals surface area contributed by atoms with Crippen LogP contribution in [-0.4, -0.2) is 36.3 Å². The third kappa shape index (κ3) is 3.57. The summed E-state index contributed by atoms with van der Waals surface area (Å²) in [5.41, 5.74) is 10.5. The van der Waals surface area contributed by atoms with Crippen molar-refractivity contribution < 1.29 is 4.79 Å². The Kier molecular flexibility index (Phi) is 3.53. The number of hydrogen-bond acceptors (Lipinski definition) is 3. The van der Waals surface area contributed by atoms with Crippen LogP contribution in [0.15, 0.2) is 0 Å². The SMILES string of the molecule is CC(=O)[C@@H](N)CN(C)C(=N)N. The van der Waals surface area contributed by atoms with E-state index in [0.717, 1.165) is 0 Å². The predicted molar refractivity (Wildman–Crippen MR) is 43.2 cm³/mol. The molecule has 64 valence electrons. The summed E-state index contributed by atoms with van der Waals surface area (Å²) in [6.45, 7) is 1.71. The van der Waals surface area contributed by atoms with E-state index < -0.39 is 6.04 Å². The minimum atomic E-state index is -0.552. The van der Waals surface area contributed by atoms with Gasteiger partial charge in [0.05, 0.1) is 6.04 Å². The van der Waals surface area contributed by atoms with Crippen LogP contribution >= 0.6 is 0 Å². The van der Waals surface area contributed by atoms with Gasteiger partial charge in [-0.3, -0.25) is 10.2 Å². The molecule has 0 aliphatic heterocycles. The summed E-state index contributed by atoms with van der Waals surface area (Å²) >= 11 is 0. The van der Waals surface area contributed by atoms with E-state index in [4.69, 9.17) is 16.9 Å². The highest BCUT2D eigenvalue weighted by molar-refractivity contribution is 5.82. The first-order chi connectivity index (χ1) is 4.95. The predicted octanol–water partition coefficient (Wildman–Crippen LogP) is -1.27. The number of nitrogens with zero attached hydrogens (tertiary/aromatic N) is 1. The van der Waals surface area contributed by atoms with Gasteiger partial charge in [0.2, 0.25) is 0 Å². The molecule has 0 heterocycles. The van der Waals surface area contributed by atoms with E-state index in [1.54, 1.807) is 7.05 Å². The standard InChI is InChI=1S/C6H14N4O/c1-4(11)5(7)3-10(2)6(8)9/h5H,3,7H2,1-2H3,(H3,8,9)/t5-/m0/s1. The molecule has 0 aliphatic rings. The second-order valence-electron chi connectivity index (χ2n) is 2.48. The monoisotopic (exact) mass is 158 g/mol. The number of guanidine groups is 1. The molecule has 0 unspecified atom stereocenters. The van der Waals surface area contributed by atoms with Crippen molar-refractivity contribution in [3.8, 4) is 0 Å². The van der Waals surface area contributed by atoms with E-state index >= 15 is 0 Å². The summed E-state index contributed by atoms with van der Waals surface area (Å²) in [7, 11) is 1.62. The maximum Gasteiger partial charge on any atom is 0.188 e. The van der Waals surface area contributed by atoms with Crippen LogP contribution in [0, 0.1) is 5.41 Å². The fourth-order valence-electron chi connectivity index (χ4n) is 0.522. The highest BCUT2D eigenvalue weighted by atomic mass is 16.1. The van der Waals surface area contributed by atoms with Gasteiger partial charge in [0.25, 0.3) is 0 Å². The molecule has 5 heteroatoms. The molecule has 1 atom stereocenters. The molecule has 0 aromatic heterocycles. The summed E-state index contributed by atoms with van der Waals surface area (Å²) < 4.78 is 0. The van der Waals surface area contributed by atoms with Crippen LogP contribution in [0.5, 0.6) is 0 Å². The largest absolute Gasteiger partial charge is 0.370 e. The van der Waals surface area contributed by atoms with E-state index in [1.807, 2.05) is 0 Å². The number of rotatable bonds is 3. The van der Waals surface area contributed by atoms with E-state index in [2.05, 4.69) is 0 Å². The summed E-state index contributed by atoms with van der Waals surface area (Å²) in [5, 5.41) is 6.97. The lowest BCUT2D eigenvalue weighted by Crippen LogP contribution is -2.44. The van der Waals surface area contributed by atoms with Crippen molar-refractivity contribution in [2.75, 3.05) is 13.6 Å². The molecule has 11 heavy (non-hydrogen) atoms. The van der Waals surface area contributed by atoms with Crippen molar-refractivity contribution in [2.24, 2.45) is 11.5 Å². The summed E-state index contributed by atoms with van der Waals surface area (Å²) in [6.07, 6.45) is 0. The third-order valence-electron chi connectivity index (χ3n) is 1.40. The number of carbonyl (C=O) groups excluding carboxylic acids is 1. The third-order valence-corrected chi connectivity index (χ3v) is 1.40. The van der Waals surface area contributed by atoms with Crippen LogP contribution in [0.25, 0.3) is 0 Å². The van der Waals surface area contributed by atoms with Gasteiger partial charge in [0.15, 0.2) is 5.96 Å². The van der Waals surface area contributed by atoms with E-state index in [1.165, 1.54) is 11.8 Å². The number of nitrogens with two attached hydrogens (primary N) is 2. The molecule has 0 radical (unpaired) electrons. The van der Waals surface area contributed by atoms with Crippen LogP contribution in [-0.2, 0) is 4.79 Å². The molecule has 0 aromatic rings. The molecule has 0 aromatic carbocycles. The van der Waals surface area contributed by atoms with Crippen molar-refractivity contribution in [1.29, 1.82) is 5.41 Å². The molecule has 0 saturated heterocycles. The van der Waals surface area contributed by atoms with Crippen LogP contribution in [0.2, 0.25) is 0 Å². The second-order valence-corrected chi connectivity index (χ2v) is 2.48. The second kappa shape index (κ2) is 3.92. The highest BCUT2D eigenvalue weighted by Crippen LogP contribution is 1.86. The molecule has 0 spiro atoms. The van der Waals surface area contributed by atoms with Crippen molar-refractivity contribution in [1.82, 2.24) is 4.90 Å². The smallest absolute Gasteiger partial charge is 0.188 e. The molecular weight excluding hydrogens is 144 g/mol. The Morgan fingerprint density at radius 1 is 1.73 bits per heavy atom. The summed E-state index contributed by atoms with van der Waals surface area (Å²) in [4.78, 5) is 12.1. The van der Waals surface area contributed by atoms with E-state index in [0.29, 0.717) is 6.54 Å². The fraction of sp³-hybridized carbons (Fsp3) is 0.667. The lowest BCUT2D eigenvalue weighted by Gasteiger charge is -2.19. The lowest BCUT2D eigenvalue weighted by atomic mass is 10.2.